The van der Waals surface area contributed by atoms with Gasteiger partial charge in [0.05, 0.1) is 5.69 Å². The van der Waals surface area contributed by atoms with Crippen LogP contribution in [0.15, 0.2) is 5.38 Å². The Kier molecular flexibility index (Phi) is 2.50. The molecule has 1 atom stereocenters. The van der Waals surface area contributed by atoms with E-state index < -0.39 is 12.0 Å². The van der Waals surface area contributed by atoms with E-state index in [0.29, 0.717) is 5.69 Å². The Hall–Kier alpha value is -1.01. The van der Waals surface area contributed by atoms with Crippen LogP contribution in [0.2, 0.25) is 0 Å². The van der Waals surface area contributed by atoms with E-state index in [9.17, 15) is 4.79 Å². The highest BCUT2D eigenvalue weighted by Gasteiger charge is 2.12. The first-order valence-corrected chi connectivity index (χ1v) is 3.78. The summed E-state index contributed by atoms with van der Waals surface area (Å²) in [6, 6.07) is -0.876. The van der Waals surface area contributed by atoms with Crippen LogP contribution in [0, 0.1) is 0 Å². The zero-order chi connectivity index (χ0) is 8.27. The van der Waals surface area contributed by atoms with Gasteiger partial charge in [0.2, 0.25) is 0 Å². The minimum Gasteiger partial charge on any atom is -0.480 e. The van der Waals surface area contributed by atoms with E-state index in [1.54, 1.807) is 5.38 Å². The predicted molar refractivity (Wildman–Crippen MR) is 39.2 cm³/mol. The van der Waals surface area contributed by atoms with Crippen LogP contribution < -0.4 is 5.73 Å². The van der Waals surface area contributed by atoms with Crippen molar-refractivity contribution in [2.45, 2.75) is 12.5 Å². The smallest absolute Gasteiger partial charge is 0.320 e. The second-order valence-corrected chi connectivity index (χ2v) is 2.65. The molecule has 6 heteroatoms. The van der Waals surface area contributed by atoms with E-state index in [-0.39, 0.29) is 6.42 Å². The molecule has 11 heavy (non-hydrogen) atoms. The van der Waals surface area contributed by atoms with Gasteiger partial charge >= 0.3 is 5.97 Å². The number of carboxylic acid groups (broad SMARTS) is 1. The molecule has 0 aliphatic rings. The van der Waals surface area contributed by atoms with Gasteiger partial charge in [-0.25, -0.2) is 0 Å². The van der Waals surface area contributed by atoms with Gasteiger partial charge in [0.25, 0.3) is 0 Å². The third-order valence-electron chi connectivity index (χ3n) is 1.15. The monoisotopic (exact) mass is 173 g/mol. The number of carbonyl (C=O) groups is 1. The molecule has 3 N–H and O–H groups in total. The lowest BCUT2D eigenvalue weighted by molar-refractivity contribution is -0.138. The van der Waals surface area contributed by atoms with Crippen molar-refractivity contribution in [3.05, 3.63) is 11.1 Å². The lowest BCUT2D eigenvalue weighted by Crippen LogP contribution is -2.32. The van der Waals surface area contributed by atoms with Gasteiger partial charge < -0.3 is 10.8 Å². The van der Waals surface area contributed by atoms with Gasteiger partial charge in [0.1, 0.15) is 6.04 Å². The summed E-state index contributed by atoms with van der Waals surface area (Å²) in [5.41, 5.74) is 5.87. The molecule has 5 nitrogen and oxygen atoms in total. The normalized spacial score (nSPS) is 12.8. The summed E-state index contributed by atoms with van der Waals surface area (Å²) in [4.78, 5) is 10.3. The molecule has 0 aromatic carbocycles. The van der Waals surface area contributed by atoms with Crippen LogP contribution in [0.25, 0.3) is 0 Å². The summed E-state index contributed by atoms with van der Waals surface area (Å²) in [5, 5.41) is 13.8. The number of carboxylic acids is 1. The Bertz CT molecular complexity index is 236. The van der Waals surface area contributed by atoms with Gasteiger partial charge in [-0.2, -0.15) is 0 Å². The van der Waals surface area contributed by atoms with Crippen molar-refractivity contribution in [1.29, 1.82) is 0 Å². The number of rotatable bonds is 3. The topological polar surface area (TPSA) is 89.1 Å². The molecule has 0 saturated heterocycles. The van der Waals surface area contributed by atoms with Crippen molar-refractivity contribution >= 4 is 17.5 Å². The van der Waals surface area contributed by atoms with Crippen LogP contribution in [-0.4, -0.2) is 26.7 Å². The summed E-state index contributed by atoms with van der Waals surface area (Å²) in [7, 11) is 0. The first kappa shape index (κ1) is 8.09. The molecule has 1 aromatic rings. The highest BCUT2D eigenvalue weighted by molar-refractivity contribution is 7.03. The molecule has 0 unspecified atom stereocenters. The Labute approximate surface area is 67.0 Å². The zero-order valence-corrected chi connectivity index (χ0v) is 6.41. The Morgan fingerprint density at radius 3 is 3.09 bits per heavy atom. The second kappa shape index (κ2) is 3.40. The Morgan fingerprint density at radius 1 is 1.91 bits per heavy atom. The fourth-order valence-electron chi connectivity index (χ4n) is 0.586. The largest absolute Gasteiger partial charge is 0.480 e. The average Bonchev–Trinajstić information content (AvgIpc) is 2.39. The first-order chi connectivity index (χ1) is 5.20. The van der Waals surface area contributed by atoms with Crippen molar-refractivity contribution < 1.29 is 9.90 Å². The van der Waals surface area contributed by atoms with Gasteiger partial charge in [0, 0.05) is 11.8 Å². The minimum atomic E-state index is -1.02. The SMILES string of the molecule is N[C@H](Cc1csnn1)C(=O)O. The first-order valence-electron chi connectivity index (χ1n) is 2.94. The Balaban J connectivity index is 2.50. The van der Waals surface area contributed by atoms with E-state index in [0.717, 1.165) is 0 Å². The highest BCUT2D eigenvalue weighted by atomic mass is 32.1. The number of nitrogens with zero attached hydrogens (tertiary/aromatic N) is 2. The maximum Gasteiger partial charge on any atom is 0.320 e. The molecule has 1 aromatic heterocycles. The molecule has 0 aliphatic carbocycles. The van der Waals surface area contributed by atoms with Crippen LogP contribution in [0.4, 0.5) is 0 Å². The third kappa shape index (κ3) is 2.24. The van der Waals surface area contributed by atoms with Crippen molar-refractivity contribution in [2.24, 2.45) is 5.73 Å². The molecule has 0 bridgehead atoms. The molecular weight excluding hydrogens is 166 g/mol. The van der Waals surface area contributed by atoms with Crippen molar-refractivity contribution in [3.8, 4) is 0 Å². The van der Waals surface area contributed by atoms with E-state index >= 15 is 0 Å². The second-order valence-electron chi connectivity index (χ2n) is 2.05. The molecule has 1 rings (SSSR count). The van der Waals surface area contributed by atoms with Crippen LogP contribution in [-0.2, 0) is 11.2 Å². The quantitative estimate of drug-likeness (QED) is 0.642. The van der Waals surface area contributed by atoms with Crippen molar-refractivity contribution in [3.63, 3.8) is 0 Å². The number of hydrogen-bond donors (Lipinski definition) is 2. The molecule has 0 radical (unpaired) electrons. The van der Waals surface area contributed by atoms with Gasteiger partial charge in [-0.1, -0.05) is 4.49 Å². The average molecular weight is 173 g/mol. The number of aromatic nitrogens is 2. The summed E-state index contributed by atoms with van der Waals surface area (Å²) in [5.74, 6) is -1.02. The van der Waals surface area contributed by atoms with E-state index in [1.165, 1.54) is 11.5 Å². The number of nitrogens with two attached hydrogens (primary N) is 1. The Morgan fingerprint density at radius 2 is 2.64 bits per heavy atom. The summed E-state index contributed by atoms with van der Waals surface area (Å²) in [6.45, 7) is 0. The maximum atomic E-state index is 10.3. The van der Waals surface area contributed by atoms with Gasteiger partial charge in [-0.15, -0.1) is 5.10 Å². The van der Waals surface area contributed by atoms with Crippen molar-refractivity contribution in [2.75, 3.05) is 0 Å². The van der Waals surface area contributed by atoms with Crippen LogP contribution in [0.1, 0.15) is 5.69 Å². The number of aliphatic carboxylic acids is 1. The molecule has 60 valence electrons. The minimum absolute atomic E-state index is 0.242. The standard InChI is InChI=1S/C5H7N3O2S/c6-4(5(9)10)1-3-2-11-8-7-3/h2,4H,1,6H2,(H,9,10)/t4-/m1/s1. The summed E-state index contributed by atoms with van der Waals surface area (Å²) >= 11 is 1.18. The lowest BCUT2D eigenvalue weighted by Gasteiger charge is -2.00. The summed E-state index contributed by atoms with van der Waals surface area (Å²) < 4.78 is 3.58. The van der Waals surface area contributed by atoms with E-state index in [2.05, 4.69) is 9.59 Å². The zero-order valence-electron chi connectivity index (χ0n) is 5.60. The lowest BCUT2D eigenvalue weighted by atomic mass is 10.2. The highest BCUT2D eigenvalue weighted by Crippen LogP contribution is 1.99. The van der Waals surface area contributed by atoms with Gasteiger partial charge in [-0.05, 0) is 11.5 Å². The molecule has 0 aliphatic heterocycles. The van der Waals surface area contributed by atoms with Crippen LogP contribution in [0.3, 0.4) is 0 Å². The maximum absolute atomic E-state index is 10.3. The number of hydrogen-bond acceptors (Lipinski definition) is 5. The predicted octanol–water partition coefficient (Wildman–Crippen LogP) is -0.508. The molecule has 0 fully saturated rings. The molecule has 0 amide bonds. The van der Waals surface area contributed by atoms with Gasteiger partial charge in [0.15, 0.2) is 0 Å². The van der Waals surface area contributed by atoms with E-state index in [4.69, 9.17) is 10.8 Å². The van der Waals surface area contributed by atoms with Crippen LogP contribution >= 0.6 is 11.5 Å². The van der Waals surface area contributed by atoms with Gasteiger partial charge in [-0.3, -0.25) is 4.79 Å². The fraction of sp³-hybridized carbons (Fsp3) is 0.400. The van der Waals surface area contributed by atoms with Crippen LogP contribution in [0.5, 0.6) is 0 Å². The fourth-order valence-corrected chi connectivity index (χ4v) is 1.05. The summed E-state index contributed by atoms with van der Waals surface area (Å²) in [6.07, 6.45) is 0.242. The van der Waals surface area contributed by atoms with Crippen molar-refractivity contribution in [1.82, 2.24) is 9.59 Å². The molecule has 0 saturated carbocycles. The third-order valence-corrected chi connectivity index (χ3v) is 1.70. The molecular formula is C5H7N3O2S. The molecule has 1 heterocycles. The molecule has 0 spiro atoms. The van der Waals surface area contributed by atoms with E-state index in [1.807, 2.05) is 0 Å².